The van der Waals surface area contributed by atoms with Crippen molar-refractivity contribution in [3.63, 3.8) is 0 Å². The molecule has 1 atom stereocenters. The van der Waals surface area contributed by atoms with Gasteiger partial charge in [0.15, 0.2) is 15.9 Å². The number of benzene rings is 2. The van der Waals surface area contributed by atoms with E-state index in [9.17, 15) is 22.4 Å². The zero-order valence-electron chi connectivity index (χ0n) is 14.5. The van der Waals surface area contributed by atoms with Crippen LogP contribution >= 0.6 is 11.6 Å². The predicted octanol–water partition coefficient (Wildman–Crippen LogP) is 3.21. The number of hydrogen-bond acceptors (Lipinski definition) is 5. The fourth-order valence-corrected chi connectivity index (χ4v) is 3.12. The Labute approximate surface area is 161 Å². The Morgan fingerprint density at radius 2 is 1.81 bits per heavy atom. The van der Waals surface area contributed by atoms with E-state index in [0.717, 1.165) is 12.3 Å². The van der Waals surface area contributed by atoms with Crippen molar-refractivity contribution in [1.82, 2.24) is 0 Å². The van der Waals surface area contributed by atoms with Crippen LogP contribution in [0.1, 0.15) is 22.8 Å². The fourth-order valence-electron chi connectivity index (χ4n) is 2.14. The van der Waals surface area contributed by atoms with Gasteiger partial charge in [-0.25, -0.2) is 17.6 Å². The first-order valence-corrected chi connectivity index (χ1v) is 10.2. The molecule has 0 saturated carbocycles. The van der Waals surface area contributed by atoms with Crippen molar-refractivity contribution in [2.75, 3.05) is 11.6 Å². The van der Waals surface area contributed by atoms with E-state index in [1.54, 1.807) is 0 Å². The standard InChI is InChI=1S/C18H17ClFNO5S/c1-11(17(22)21-14-7-8-16(20)15(19)9-14)26-18(23)13-5-3-12(4-6-13)10-27(2,24)25/h3-9,11H,10H2,1-2H3,(H,21,22)/t11-/m1/s1. The number of amides is 1. The van der Waals surface area contributed by atoms with E-state index < -0.39 is 33.6 Å². The molecule has 0 unspecified atom stereocenters. The van der Waals surface area contributed by atoms with Gasteiger partial charge in [-0.05, 0) is 42.8 Å². The van der Waals surface area contributed by atoms with Crippen molar-refractivity contribution in [2.45, 2.75) is 18.8 Å². The number of nitrogens with one attached hydrogen (secondary N) is 1. The van der Waals surface area contributed by atoms with Gasteiger partial charge in [0, 0.05) is 11.9 Å². The van der Waals surface area contributed by atoms with Crippen LogP contribution in [-0.4, -0.2) is 32.7 Å². The molecule has 2 rings (SSSR count). The van der Waals surface area contributed by atoms with Crippen molar-refractivity contribution >= 4 is 39.0 Å². The lowest BCUT2D eigenvalue weighted by Gasteiger charge is -2.14. The molecule has 27 heavy (non-hydrogen) atoms. The monoisotopic (exact) mass is 413 g/mol. The molecule has 0 radical (unpaired) electrons. The SMILES string of the molecule is C[C@@H](OC(=O)c1ccc(CS(C)(=O)=O)cc1)C(=O)Nc1ccc(F)c(Cl)c1. The number of anilines is 1. The topological polar surface area (TPSA) is 89.5 Å². The molecule has 1 amide bonds. The second-order valence-electron chi connectivity index (χ2n) is 5.93. The third-order valence-corrected chi connectivity index (χ3v) is 4.61. The highest BCUT2D eigenvalue weighted by Gasteiger charge is 2.19. The van der Waals surface area contributed by atoms with Crippen LogP contribution in [0.4, 0.5) is 10.1 Å². The van der Waals surface area contributed by atoms with Crippen molar-refractivity contribution in [3.8, 4) is 0 Å². The quantitative estimate of drug-likeness (QED) is 0.734. The number of hydrogen-bond donors (Lipinski definition) is 1. The number of carbonyl (C=O) groups is 2. The van der Waals surface area contributed by atoms with Crippen LogP contribution in [0, 0.1) is 5.82 Å². The van der Waals surface area contributed by atoms with Crippen LogP contribution < -0.4 is 5.32 Å². The Balaban J connectivity index is 1.97. The van der Waals surface area contributed by atoms with Gasteiger partial charge in [-0.3, -0.25) is 4.79 Å². The van der Waals surface area contributed by atoms with Crippen molar-refractivity contribution in [2.24, 2.45) is 0 Å². The lowest BCUT2D eigenvalue weighted by atomic mass is 10.1. The third kappa shape index (κ3) is 6.33. The lowest BCUT2D eigenvalue weighted by molar-refractivity contribution is -0.123. The molecule has 2 aromatic carbocycles. The zero-order chi connectivity index (χ0) is 20.2. The highest BCUT2D eigenvalue weighted by Crippen LogP contribution is 2.19. The van der Waals surface area contributed by atoms with Gasteiger partial charge in [-0.1, -0.05) is 23.7 Å². The Bertz CT molecular complexity index is 960. The number of carbonyl (C=O) groups excluding carboxylic acids is 2. The van der Waals surface area contributed by atoms with Gasteiger partial charge in [-0.2, -0.15) is 0 Å². The molecular formula is C18H17ClFNO5S. The molecule has 0 aromatic heterocycles. The molecule has 0 aliphatic rings. The van der Waals surface area contributed by atoms with Crippen molar-refractivity contribution in [3.05, 3.63) is 64.4 Å². The first-order chi connectivity index (χ1) is 12.5. The summed E-state index contributed by atoms with van der Waals surface area (Å²) >= 11 is 5.64. The van der Waals surface area contributed by atoms with Gasteiger partial charge in [0.2, 0.25) is 0 Å². The molecule has 0 fully saturated rings. The maximum atomic E-state index is 13.1. The van der Waals surface area contributed by atoms with Gasteiger partial charge in [0.1, 0.15) is 5.82 Å². The molecule has 0 heterocycles. The lowest BCUT2D eigenvalue weighted by Crippen LogP contribution is -2.30. The van der Waals surface area contributed by atoms with Crippen LogP contribution in [0.2, 0.25) is 5.02 Å². The zero-order valence-corrected chi connectivity index (χ0v) is 16.1. The van der Waals surface area contributed by atoms with E-state index in [1.807, 2.05) is 0 Å². The Morgan fingerprint density at radius 1 is 1.19 bits per heavy atom. The minimum Gasteiger partial charge on any atom is -0.449 e. The maximum Gasteiger partial charge on any atom is 0.338 e. The van der Waals surface area contributed by atoms with E-state index in [4.69, 9.17) is 16.3 Å². The number of ether oxygens (including phenoxy) is 1. The highest BCUT2D eigenvalue weighted by atomic mass is 35.5. The second-order valence-corrected chi connectivity index (χ2v) is 8.48. The first kappa shape index (κ1) is 20.9. The number of sulfone groups is 1. The van der Waals surface area contributed by atoms with Crippen LogP contribution in [0.25, 0.3) is 0 Å². The van der Waals surface area contributed by atoms with Crippen molar-refractivity contribution < 1.29 is 27.1 Å². The summed E-state index contributed by atoms with van der Waals surface area (Å²) < 4.78 is 40.7. The molecule has 0 aliphatic carbocycles. The smallest absolute Gasteiger partial charge is 0.338 e. The summed E-state index contributed by atoms with van der Waals surface area (Å²) in [6.45, 7) is 1.39. The van der Waals surface area contributed by atoms with Crippen LogP contribution in [0.5, 0.6) is 0 Å². The van der Waals surface area contributed by atoms with Gasteiger partial charge < -0.3 is 10.1 Å². The van der Waals surface area contributed by atoms with Gasteiger partial charge in [0.25, 0.3) is 5.91 Å². The second kappa shape index (κ2) is 8.49. The third-order valence-electron chi connectivity index (χ3n) is 3.46. The summed E-state index contributed by atoms with van der Waals surface area (Å²) in [6, 6.07) is 9.52. The number of rotatable bonds is 6. The van der Waals surface area contributed by atoms with E-state index in [0.29, 0.717) is 5.56 Å². The summed E-state index contributed by atoms with van der Waals surface area (Å²) in [5.74, 6) is -2.10. The Morgan fingerprint density at radius 3 is 2.37 bits per heavy atom. The highest BCUT2D eigenvalue weighted by molar-refractivity contribution is 7.89. The van der Waals surface area contributed by atoms with E-state index in [1.165, 1.54) is 43.3 Å². The predicted molar refractivity (Wildman–Crippen MR) is 99.9 cm³/mol. The number of esters is 1. The molecule has 0 aliphatic heterocycles. The maximum absolute atomic E-state index is 13.1. The van der Waals surface area contributed by atoms with E-state index in [-0.39, 0.29) is 22.0 Å². The van der Waals surface area contributed by atoms with Crippen LogP contribution in [0.3, 0.4) is 0 Å². The number of halogens is 2. The average molecular weight is 414 g/mol. The van der Waals surface area contributed by atoms with E-state index >= 15 is 0 Å². The first-order valence-electron chi connectivity index (χ1n) is 7.79. The average Bonchev–Trinajstić information content (AvgIpc) is 2.57. The van der Waals surface area contributed by atoms with Gasteiger partial charge >= 0.3 is 5.97 Å². The molecule has 0 saturated heterocycles. The summed E-state index contributed by atoms with van der Waals surface area (Å²) in [7, 11) is -3.18. The Kier molecular flexibility index (Phi) is 6.56. The molecule has 0 spiro atoms. The molecule has 144 valence electrons. The minimum absolute atomic E-state index is 0.138. The Hall–Kier alpha value is -2.45. The van der Waals surface area contributed by atoms with Crippen LogP contribution in [-0.2, 0) is 25.1 Å². The molecule has 9 heteroatoms. The summed E-state index contributed by atoms with van der Waals surface area (Å²) in [5, 5.41) is 2.32. The normalized spacial score (nSPS) is 12.3. The molecule has 0 bridgehead atoms. The molecule has 2 aromatic rings. The summed E-state index contributed by atoms with van der Waals surface area (Å²) in [5.41, 5.74) is 0.976. The van der Waals surface area contributed by atoms with Crippen molar-refractivity contribution in [1.29, 1.82) is 0 Å². The molecule has 1 N–H and O–H groups in total. The fraction of sp³-hybridized carbons (Fsp3) is 0.222. The molecule has 6 nitrogen and oxygen atoms in total. The molecular weight excluding hydrogens is 397 g/mol. The summed E-state index contributed by atoms with van der Waals surface area (Å²) in [4.78, 5) is 24.2. The summed E-state index contributed by atoms with van der Waals surface area (Å²) in [6.07, 6.45) is 0.000984. The largest absolute Gasteiger partial charge is 0.449 e. The minimum atomic E-state index is -3.18. The van der Waals surface area contributed by atoms with Crippen LogP contribution in [0.15, 0.2) is 42.5 Å². The van der Waals surface area contributed by atoms with E-state index in [2.05, 4.69) is 5.32 Å². The van der Waals surface area contributed by atoms with Gasteiger partial charge in [-0.15, -0.1) is 0 Å². The van der Waals surface area contributed by atoms with Gasteiger partial charge in [0.05, 0.1) is 16.3 Å².